The van der Waals surface area contributed by atoms with Gasteiger partial charge < -0.3 is 24.3 Å². The summed E-state index contributed by atoms with van der Waals surface area (Å²) in [6.45, 7) is 2.27. The predicted molar refractivity (Wildman–Crippen MR) is 146 cm³/mol. The third-order valence-corrected chi connectivity index (χ3v) is 7.73. The van der Waals surface area contributed by atoms with Gasteiger partial charge in [-0.1, -0.05) is 12.2 Å². The first-order valence-corrected chi connectivity index (χ1v) is 13.3. The molecule has 1 aliphatic heterocycles. The van der Waals surface area contributed by atoms with Gasteiger partial charge >= 0.3 is 6.18 Å². The Kier molecular flexibility index (Phi) is 8.79. The third kappa shape index (κ3) is 6.11. The van der Waals surface area contributed by atoms with Crippen molar-refractivity contribution in [1.29, 1.82) is 5.26 Å². The van der Waals surface area contributed by atoms with Crippen LogP contribution in [0.4, 0.5) is 28.9 Å². The summed E-state index contributed by atoms with van der Waals surface area (Å²) in [7, 11) is 3.27. The van der Waals surface area contributed by atoms with E-state index in [1.165, 1.54) is 35.6 Å². The lowest BCUT2D eigenvalue weighted by Crippen LogP contribution is -2.63. The van der Waals surface area contributed by atoms with Gasteiger partial charge in [0.15, 0.2) is 23.9 Å². The quantitative estimate of drug-likeness (QED) is 0.339. The maximum Gasteiger partial charge on any atom is 0.419 e. The molecule has 2 fully saturated rings. The Bertz CT molecular complexity index is 1370. The summed E-state index contributed by atoms with van der Waals surface area (Å²) in [5, 5.41) is 9.02. The van der Waals surface area contributed by atoms with Crippen molar-refractivity contribution in [2.75, 3.05) is 56.7 Å². The van der Waals surface area contributed by atoms with E-state index in [-0.39, 0.29) is 29.6 Å². The number of aromatic nitrogens is 1. The molecule has 1 aromatic heterocycles. The minimum absolute atomic E-state index is 0.144. The van der Waals surface area contributed by atoms with Gasteiger partial charge in [0.05, 0.1) is 22.9 Å². The number of amides is 2. The summed E-state index contributed by atoms with van der Waals surface area (Å²) in [5.74, 6) is -1.73. The van der Waals surface area contributed by atoms with Gasteiger partial charge in [-0.3, -0.25) is 9.59 Å². The number of carbonyl (C=O) groups excluding carboxylic acids is 2. The smallest absolute Gasteiger partial charge is 0.419 e. The van der Waals surface area contributed by atoms with Crippen LogP contribution in [-0.2, 0) is 15.8 Å². The molecule has 2 aromatic rings. The number of likely N-dealkylation sites (N-methyl/N-ethyl adjacent to an activating group) is 2. The van der Waals surface area contributed by atoms with E-state index in [9.17, 15) is 22.8 Å². The fraction of sp³-hybridized carbons (Fsp3) is 0.444. The van der Waals surface area contributed by atoms with Crippen LogP contribution >= 0.6 is 12.2 Å². The van der Waals surface area contributed by atoms with Crippen molar-refractivity contribution in [3.8, 4) is 11.8 Å². The summed E-state index contributed by atoms with van der Waals surface area (Å²) >= 11 is 5.20. The lowest BCUT2D eigenvalue weighted by atomic mass is 9.74. The number of thiocarbonyl (C=S) groups is 1. The highest BCUT2D eigenvalue weighted by atomic mass is 32.1. The summed E-state index contributed by atoms with van der Waals surface area (Å²) in [5.41, 5.74) is -2.04. The molecular formula is C27H28F4N6O3S. The number of pyridine rings is 1. The molecule has 1 aromatic carbocycles. The number of halogens is 4. The van der Waals surface area contributed by atoms with Crippen molar-refractivity contribution in [3.05, 3.63) is 47.5 Å². The lowest BCUT2D eigenvalue weighted by Gasteiger charge is -2.49. The second kappa shape index (κ2) is 12.0. The Morgan fingerprint density at radius 2 is 1.88 bits per heavy atom. The Morgan fingerprint density at radius 1 is 1.20 bits per heavy atom. The van der Waals surface area contributed by atoms with Gasteiger partial charge in [0.1, 0.15) is 11.6 Å². The zero-order chi connectivity index (χ0) is 29.9. The van der Waals surface area contributed by atoms with Gasteiger partial charge in [0.25, 0.3) is 11.8 Å². The molecule has 2 aliphatic rings. The van der Waals surface area contributed by atoms with E-state index in [4.69, 9.17) is 22.2 Å². The van der Waals surface area contributed by atoms with Crippen LogP contribution in [0.15, 0.2) is 30.5 Å². The number of benzene rings is 1. The van der Waals surface area contributed by atoms with Gasteiger partial charge in [0.2, 0.25) is 0 Å². The number of alkyl halides is 3. The van der Waals surface area contributed by atoms with Crippen molar-refractivity contribution < 1.29 is 31.9 Å². The first-order valence-electron chi connectivity index (χ1n) is 12.8. The number of hydrogen-bond acceptors (Lipinski definition) is 7. The number of carbonyl (C=O) groups is 2. The standard InChI is InChI=1S/C27H28F4N6O3S/c1-34-8-10-36(11-9-34)24(38)16-40-23-5-4-18(13-21(23)28)37(17-41)26(6-3-7-26)25(39)35(2)19-12-20(27(29,30)31)22(14-32)33-15-19/h4-5,12-13,15,17H,3,6-11,16H2,1-2H3. The van der Waals surface area contributed by atoms with Gasteiger partial charge in [0, 0.05) is 45.0 Å². The van der Waals surface area contributed by atoms with Crippen LogP contribution in [0.3, 0.4) is 0 Å². The Morgan fingerprint density at radius 3 is 2.41 bits per heavy atom. The zero-order valence-corrected chi connectivity index (χ0v) is 23.3. The zero-order valence-electron chi connectivity index (χ0n) is 22.4. The first-order chi connectivity index (χ1) is 19.4. The molecule has 1 aliphatic carbocycles. The van der Waals surface area contributed by atoms with Crippen LogP contribution in [0.2, 0.25) is 0 Å². The van der Waals surface area contributed by atoms with Gasteiger partial charge in [-0.15, -0.1) is 0 Å². The highest BCUT2D eigenvalue weighted by molar-refractivity contribution is 7.79. The molecule has 1 saturated heterocycles. The molecule has 9 nitrogen and oxygen atoms in total. The molecule has 2 amide bonds. The van der Waals surface area contributed by atoms with E-state index < -0.39 is 34.7 Å². The number of ether oxygens (including phenoxy) is 1. The molecule has 2 heterocycles. The fourth-order valence-electron chi connectivity index (χ4n) is 4.89. The van der Waals surface area contributed by atoms with E-state index in [1.807, 2.05) is 7.05 Å². The first kappa shape index (κ1) is 30.1. The monoisotopic (exact) mass is 592 g/mol. The van der Waals surface area contributed by atoms with Crippen LogP contribution in [0, 0.1) is 17.1 Å². The molecule has 218 valence electrons. The van der Waals surface area contributed by atoms with E-state index in [0.29, 0.717) is 38.4 Å². The second-order valence-corrected chi connectivity index (χ2v) is 10.2. The number of piperazine rings is 1. The molecule has 0 spiro atoms. The fourth-order valence-corrected chi connectivity index (χ4v) is 5.22. The number of anilines is 2. The van der Waals surface area contributed by atoms with E-state index in [2.05, 4.69) is 9.88 Å². The Hall–Kier alpha value is -3.83. The molecule has 1 saturated carbocycles. The van der Waals surface area contributed by atoms with Gasteiger partial charge in [-0.05, 0) is 44.5 Å². The molecule has 0 N–H and O–H groups in total. The number of hydrogen-bond donors (Lipinski definition) is 0. The molecule has 41 heavy (non-hydrogen) atoms. The maximum absolute atomic E-state index is 15.1. The maximum atomic E-state index is 15.1. The minimum Gasteiger partial charge on any atom is -0.481 e. The molecule has 0 bridgehead atoms. The number of nitriles is 1. The average molecular weight is 593 g/mol. The van der Waals surface area contributed by atoms with E-state index >= 15 is 4.39 Å². The Labute approximate surface area is 239 Å². The molecule has 4 rings (SSSR count). The molecule has 0 unspecified atom stereocenters. The lowest BCUT2D eigenvalue weighted by molar-refractivity contribution is -0.138. The van der Waals surface area contributed by atoms with Crippen LogP contribution < -0.4 is 14.5 Å². The van der Waals surface area contributed by atoms with Crippen molar-refractivity contribution in [2.24, 2.45) is 0 Å². The van der Waals surface area contributed by atoms with Crippen LogP contribution in [0.5, 0.6) is 5.75 Å². The predicted octanol–water partition coefficient (Wildman–Crippen LogP) is 3.61. The minimum atomic E-state index is -4.84. The summed E-state index contributed by atoms with van der Waals surface area (Å²) in [6, 6.07) is 6.09. The average Bonchev–Trinajstić information content (AvgIpc) is 2.92. The highest BCUT2D eigenvalue weighted by Crippen LogP contribution is 2.43. The van der Waals surface area contributed by atoms with Gasteiger partial charge in [-0.2, -0.15) is 18.4 Å². The van der Waals surface area contributed by atoms with E-state index in [1.54, 1.807) is 4.90 Å². The number of rotatable bonds is 8. The third-order valence-electron chi connectivity index (χ3n) is 7.52. The normalized spacial score (nSPS) is 16.8. The topological polar surface area (TPSA) is 93.0 Å². The molecule has 14 heteroatoms. The molecule has 0 radical (unpaired) electrons. The van der Waals surface area contributed by atoms with Crippen LogP contribution in [0.25, 0.3) is 0 Å². The molecule has 0 atom stereocenters. The Balaban J connectivity index is 1.52. The SMILES string of the molecule is CN1CCN(C(=O)COc2ccc(N(C=S)C3(C(=O)N(C)c4cnc(C#N)c(C(F)(F)F)c4)CCC3)cc2F)CC1. The second-order valence-electron chi connectivity index (χ2n) is 10.0. The van der Waals surface area contributed by atoms with Crippen molar-refractivity contribution in [2.45, 2.75) is 31.0 Å². The van der Waals surface area contributed by atoms with Crippen LogP contribution in [-0.4, -0.2) is 84.5 Å². The largest absolute Gasteiger partial charge is 0.481 e. The molecular weight excluding hydrogens is 564 g/mol. The van der Waals surface area contributed by atoms with Crippen molar-refractivity contribution in [1.82, 2.24) is 14.8 Å². The number of nitrogens with zero attached hydrogens (tertiary/aromatic N) is 6. The highest BCUT2D eigenvalue weighted by Gasteiger charge is 2.51. The summed E-state index contributed by atoms with van der Waals surface area (Å²) in [4.78, 5) is 36.0. The van der Waals surface area contributed by atoms with Crippen molar-refractivity contribution in [3.63, 3.8) is 0 Å². The van der Waals surface area contributed by atoms with Crippen LogP contribution in [0.1, 0.15) is 30.5 Å². The van der Waals surface area contributed by atoms with Gasteiger partial charge in [-0.25, -0.2) is 9.37 Å². The van der Waals surface area contributed by atoms with Crippen molar-refractivity contribution >= 4 is 40.9 Å². The summed E-state index contributed by atoms with van der Waals surface area (Å²) < 4.78 is 61.0. The summed E-state index contributed by atoms with van der Waals surface area (Å²) in [6.07, 6.45) is -2.55. The van der Waals surface area contributed by atoms with E-state index in [0.717, 1.165) is 30.3 Å².